The van der Waals surface area contributed by atoms with Crippen LogP contribution in [-0.4, -0.2) is 9.94 Å². The van der Waals surface area contributed by atoms with Gasteiger partial charge in [0, 0.05) is 6.99 Å². The highest BCUT2D eigenvalue weighted by atomic mass is 16.5. The summed E-state index contributed by atoms with van der Waals surface area (Å²) in [6, 6.07) is 3.66. The van der Waals surface area contributed by atoms with Crippen molar-refractivity contribution in [2.24, 2.45) is 0 Å². The summed E-state index contributed by atoms with van der Waals surface area (Å²) >= 11 is 0. The highest BCUT2D eigenvalue weighted by Gasteiger charge is 2.13. The predicted octanol–water partition coefficient (Wildman–Crippen LogP) is 2.97. The van der Waals surface area contributed by atoms with Gasteiger partial charge >= 0.3 is 0 Å². The molecule has 0 aliphatic rings. The lowest BCUT2D eigenvalue weighted by Crippen LogP contribution is -2.26. The van der Waals surface area contributed by atoms with Gasteiger partial charge in [-0.2, -0.15) is 4.73 Å². The summed E-state index contributed by atoms with van der Waals surface area (Å²) < 4.78 is 0.795. The first-order chi connectivity index (χ1) is 6.99. The standard InChI is InChI=1S/C12H19NO2.H2/c1-5-9(4)11-7-6-10(8(2)3)12(14)13(11)15;/h6-9,15H,5H2,1-4H3;1H. The minimum absolute atomic E-state index is 0. The number of aromatic nitrogens is 1. The minimum Gasteiger partial charge on any atom is -0.425 e. The van der Waals surface area contributed by atoms with Crippen molar-refractivity contribution < 1.29 is 6.63 Å². The number of hydrogen-bond acceptors (Lipinski definition) is 2. The predicted molar refractivity (Wildman–Crippen MR) is 62.8 cm³/mol. The summed E-state index contributed by atoms with van der Waals surface area (Å²) in [6.45, 7) is 7.92. The van der Waals surface area contributed by atoms with Crippen molar-refractivity contribution in [2.75, 3.05) is 0 Å². The largest absolute Gasteiger partial charge is 0.425 e. The third kappa shape index (κ3) is 2.22. The van der Waals surface area contributed by atoms with Gasteiger partial charge < -0.3 is 5.21 Å². The Kier molecular flexibility index (Phi) is 3.56. The van der Waals surface area contributed by atoms with Crippen LogP contribution >= 0.6 is 0 Å². The van der Waals surface area contributed by atoms with Gasteiger partial charge in [-0.15, -0.1) is 0 Å². The number of rotatable bonds is 3. The average molecular weight is 211 g/mol. The van der Waals surface area contributed by atoms with Gasteiger partial charge in [-0.25, -0.2) is 0 Å². The van der Waals surface area contributed by atoms with Crippen LogP contribution in [0.4, 0.5) is 0 Å². The molecular formula is C12H21NO2. The molecule has 0 saturated heterocycles. The molecule has 0 saturated carbocycles. The molecule has 86 valence electrons. The summed E-state index contributed by atoms with van der Waals surface area (Å²) in [5.74, 6) is 0.339. The molecule has 1 aromatic heterocycles. The monoisotopic (exact) mass is 211 g/mol. The maximum absolute atomic E-state index is 11.8. The first kappa shape index (κ1) is 11.8. The molecule has 0 fully saturated rings. The zero-order chi connectivity index (χ0) is 11.6. The molecule has 1 atom stereocenters. The van der Waals surface area contributed by atoms with Crippen LogP contribution in [-0.2, 0) is 0 Å². The molecule has 3 heteroatoms. The highest BCUT2D eigenvalue weighted by molar-refractivity contribution is 5.20. The third-order valence-corrected chi connectivity index (χ3v) is 2.86. The van der Waals surface area contributed by atoms with Crippen molar-refractivity contribution in [3.05, 3.63) is 33.7 Å². The molecule has 0 spiro atoms. The summed E-state index contributed by atoms with van der Waals surface area (Å²) in [6.07, 6.45) is 0.904. The molecule has 1 rings (SSSR count). The quantitative estimate of drug-likeness (QED) is 0.781. The second-order valence-corrected chi connectivity index (χ2v) is 4.29. The van der Waals surface area contributed by atoms with E-state index in [1.165, 1.54) is 0 Å². The van der Waals surface area contributed by atoms with Gasteiger partial charge in [0.2, 0.25) is 0 Å². The lowest BCUT2D eigenvalue weighted by molar-refractivity contribution is 0.160. The van der Waals surface area contributed by atoms with E-state index in [4.69, 9.17) is 0 Å². The first-order valence-corrected chi connectivity index (χ1v) is 5.44. The third-order valence-electron chi connectivity index (χ3n) is 2.86. The Hall–Kier alpha value is -1.25. The fourth-order valence-electron chi connectivity index (χ4n) is 1.58. The molecule has 0 amide bonds. The molecule has 1 aromatic rings. The molecule has 0 aromatic carbocycles. The van der Waals surface area contributed by atoms with Crippen LogP contribution in [0.1, 0.15) is 58.6 Å². The number of hydrogen-bond donors (Lipinski definition) is 1. The van der Waals surface area contributed by atoms with Crippen molar-refractivity contribution in [1.29, 1.82) is 0 Å². The van der Waals surface area contributed by atoms with E-state index in [0.717, 1.165) is 11.2 Å². The van der Waals surface area contributed by atoms with E-state index in [-0.39, 0.29) is 18.8 Å². The first-order valence-electron chi connectivity index (χ1n) is 5.44. The van der Waals surface area contributed by atoms with Gasteiger partial charge in [0.25, 0.3) is 5.56 Å². The second kappa shape index (κ2) is 4.51. The Bertz CT molecular complexity index is 398. The van der Waals surface area contributed by atoms with Crippen LogP contribution in [0, 0.1) is 0 Å². The summed E-state index contributed by atoms with van der Waals surface area (Å²) in [5, 5.41) is 9.73. The second-order valence-electron chi connectivity index (χ2n) is 4.29. The maximum atomic E-state index is 11.8. The topological polar surface area (TPSA) is 42.2 Å². The Morgan fingerprint density at radius 1 is 1.40 bits per heavy atom. The van der Waals surface area contributed by atoms with Gasteiger partial charge in [-0.1, -0.05) is 33.8 Å². The number of nitrogens with zero attached hydrogens (tertiary/aromatic N) is 1. The number of pyridine rings is 1. The van der Waals surface area contributed by atoms with Crippen molar-refractivity contribution >= 4 is 0 Å². The Morgan fingerprint density at radius 3 is 2.47 bits per heavy atom. The van der Waals surface area contributed by atoms with E-state index in [2.05, 4.69) is 0 Å². The molecule has 0 bridgehead atoms. The Labute approximate surface area is 91.8 Å². The average Bonchev–Trinajstić information content (AvgIpc) is 2.20. The molecule has 0 radical (unpaired) electrons. The van der Waals surface area contributed by atoms with Crippen molar-refractivity contribution in [3.8, 4) is 0 Å². The van der Waals surface area contributed by atoms with Crippen molar-refractivity contribution in [3.63, 3.8) is 0 Å². The summed E-state index contributed by atoms with van der Waals surface area (Å²) in [4.78, 5) is 11.8. The molecule has 1 heterocycles. The van der Waals surface area contributed by atoms with Crippen LogP contribution < -0.4 is 5.56 Å². The fraction of sp³-hybridized carbons (Fsp3) is 0.583. The maximum Gasteiger partial charge on any atom is 0.286 e. The zero-order valence-corrected chi connectivity index (χ0v) is 9.82. The van der Waals surface area contributed by atoms with Gasteiger partial charge in [0.1, 0.15) is 0 Å². The van der Waals surface area contributed by atoms with E-state index in [9.17, 15) is 10.0 Å². The SMILES string of the molecule is CCC(C)c1ccc(C(C)C)c(=O)n1O.[HH]. The molecule has 15 heavy (non-hydrogen) atoms. The van der Waals surface area contributed by atoms with Gasteiger partial charge in [0.05, 0.1) is 5.69 Å². The van der Waals surface area contributed by atoms with E-state index >= 15 is 0 Å². The van der Waals surface area contributed by atoms with Gasteiger partial charge in [0.15, 0.2) is 0 Å². The molecule has 3 nitrogen and oxygen atoms in total. The normalized spacial score (nSPS) is 13.1. The van der Waals surface area contributed by atoms with E-state index in [1.54, 1.807) is 0 Å². The molecule has 1 N–H and O–H groups in total. The molecule has 0 aliphatic heterocycles. The zero-order valence-electron chi connectivity index (χ0n) is 9.82. The highest BCUT2D eigenvalue weighted by Crippen LogP contribution is 2.18. The van der Waals surface area contributed by atoms with Crippen LogP contribution in [0.3, 0.4) is 0 Å². The Balaban J connectivity index is 0.00000225. The summed E-state index contributed by atoms with van der Waals surface area (Å²) in [5.41, 5.74) is 1.05. The van der Waals surface area contributed by atoms with E-state index < -0.39 is 0 Å². The molecule has 0 aliphatic carbocycles. The van der Waals surface area contributed by atoms with Crippen molar-refractivity contribution in [1.82, 2.24) is 4.73 Å². The summed E-state index contributed by atoms with van der Waals surface area (Å²) in [7, 11) is 0. The van der Waals surface area contributed by atoms with Crippen LogP contribution in [0.25, 0.3) is 0 Å². The molecular weight excluding hydrogens is 190 g/mol. The van der Waals surface area contributed by atoms with Gasteiger partial charge in [-0.05, 0) is 24.3 Å². The lowest BCUT2D eigenvalue weighted by Gasteiger charge is -2.14. The lowest BCUT2D eigenvalue weighted by atomic mass is 10.0. The van der Waals surface area contributed by atoms with Crippen LogP contribution in [0.2, 0.25) is 0 Å². The van der Waals surface area contributed by atoms with Crippen molar-refractivity contribution in [2.45, 2.75) is 46.0 Å². The minimum atomic E-state index is -0.289. The van der Waals surface area contributed by atoms with E-state index in [1.807, 2.05) is 39.8 Å². The van der Waals surface area contributed by atoms with Gasteiger partial charge in [-0.3, -0.25) is 4.79 Å². The van der Waals surface area contributed by atoms with Crippen LogP contribution in [0.5, 0.6) is 0 Å². The smallest absolute Gasteiger partial charge is 0.286 e. The fourth-order valence-corrected chi connectivity index (χ4v) is 1.58. The Morgan fingerprint density at radius 2 is 2.00 bits per heavy atom. The molecule has 1 unspecified atom stereocenters. The van der Waals surface area contributed by atoms with Crippen LogP contribution in [0.15, 0.2) is 16.9 Å². The van der Waals surface area contributed by atoms with E-state index in [0.29, 0.717) is 11.3 Å².